The number of esters is 1. The number of hydrogen-bond donors (Lipinski definition) is 1. The molecular formula is C13H26N2O4. The van der Waals surface area contributed by atoms with Crippen molar-refractivity contribution in [1.82, 2.24) is 10.2 Å². The van der Waals surface area contributed by atoms with Gasteiger partial charge in [-0.3, -0.25) is 14.5 Å². The molecule has 1 unspecified atom stereocenters. The average molecular weight is 274 g/mol. The fraction of sp³-hybridized carbons (Fsp3) is 0.846. The average Bonchev–Trinajstić information content (AvgIpc) is 2.39. The summed E-state index contributed by atoms with van der Waals surface area (Å²) in [5, 5.41) is 2.83. The van der Waals surface area contributed by atoms with Gasteiger partial charge in [0.05, 0.1) is 19.7 Å². The van der Waals surface area contributed by atoms with Crippen molar-refractivity contribution < 1.29 is 19.1 Å². The van der Waals surface area contributed by atoms with Crippen LogP contribution in [0.3, 0.4) is 0 Å². The van der Waals surface area contributed by atoms with Crippen LogP contribution in [0.2, 0.25) is 0 Å². The van der Waals surface area contributed by atoms with Crippen LogP contribution in [0.4, 0.5) is 0 Å². The van der Waals surface area contributed by atoms with Crippen LogP contribution < -0.4 is 5.32 Å². The molecule has 6 heteroatoms. The minimum atomic E-state index is -0.373. The Morgan fingerprint density at radius 3 is 2.32 bits per heavy atom. The third-order valence-corrected chi connectivity index (χ3v) is 2.90. The van der Waals surface area contributed by atoms with Gasteiger partial charge in [-0.1, -0.05) is 0 Å². The van der Waals surface area contributed by atoms with E-state index < -0.39 is 0 Å². The second-order valence-corrected chi connectivity index (χ2v) is 4.66. The van der Waals surface area contributed by atoms with Crippen molar-refractivity contribution in [2.24, 2.45) is 0 Å². The molecule has 112 valence electrons. The largest absolute Gasteiger partial charge is 0.468 e. The van der Waals surface area contributed by atoms with E-state index in [1.807, 2.05) is 13.8 Å². The van der Waals surface area contributed by atoms with E-state index in [1.54, 1.807) is 18.9 Å². The molecular weight excluding hydrogens is 248 g/mol. The Balaban J connectivity index is 4.33. The number of nitrogens with one attached hydrogen (secondary N) is 1. The molecule has 0 radical (unpaired) electrons. The van der Waals surface area contributed by atoms with Crippen LogP contribution in [0.25, 0.3) is 0 Å². The first-order valence-corrected chi connectivity index (χ1v) is 6.53. The Hall–Kier alpha value is -1.14. The SMILES string of the molecule is COCCCNC(=O)C(C)N(CC(=O)OC)C(C)C. The lowest BCUT2D eigenvalue weighted by Crippen LogP contribution is -2.50. The van der Waals surface area contributed by atoms with Gasteiger partial charge in [0.15, 0.2) is 0 Å². The van der Waals surface area contributed by atoms with Gasteiger partial charge in [-0.2, -0.15) is 0 Å². The molecule has 1 atom stereocenters. The molecule has 0 fully saturated rings. The zero-order valence-electron chi connectivity index (χ0n) is 12.6. The van der Waals surface area contributed by atoms with Gasteiger partial charge >= 0.3 is 5.97 Å². The Morgan fingerprint density at radius 2 is 1.84 bits per heavy atom. The number of rotatable bonds is 9. The lowest BCUT2D eigenvalue weighted by molar-refractivity contribution is -0.144. The predicted octanol–water partition coefficient (Wildman–Crippen LogP) is 0.411. The van der Waals surface area contributed by atoms with E-state index in [-0.39, 0.29) is 30.5 Å². The monoisotopic (exact) mass is 274 g/mol. The fourth-order valence-corrected chi connectivity index (χ4v) is 1.71. The minimum absolute atomic E-state index is 0.0822. The highest BCUT2D eigenvalue weighted by molar-refractivity contribution is 5.82. The number of methoxy groups -OCH3 is 2. The van der Waals surface area contributed by atoms with Crippen LogP contribution in [0.15, 0.2) is 0 Å². The number of carbonyl (C=O) groups excluding carboxylic acids is 2. The van der Waals surface area contributed by atoms with Gasteiger partial charge in [0.2, 0.25) is 5.91 Å². The molecule has 6 nitrogen and oxygen atoms in total. The first kappa shape index (κ1) is 17.9. The first-order valence-electron chi connectivity index (χ1n) is 6.53. The summed E-state index contributed by atoms with van der Waals surface area (Å²) in [7, 11) is 2.97. The van der Waals surface area contributed by atoms with E-state index in [1.165, 1.54) is 7.11 Å². The van der Waals surface area contributed by atoms with Gasteiger partial charge in [0, 0.05) is 26.3 Å². The lowest BCUT2D eigenvalue weighted by Gasteiger charge is -2.30. The maximum atomic E-state index is 12.0. The summed E-state index contributed by atoms with van der Waals surface area (Å²) in [6.45, 7) is 6.97. The summed E-state index contributed by atoms with van der Waals surface area (Å²) in [6, 6.07) is -0.291. The molecule has 0 aliphatic rings. The Labute approximate surface area is 115 Å². The van der Waals surface area contributed by atoms with Crippen LogP contribution in [-0.2, 0) is 19.1 Å². The normalized spacial score (nSPS) is 12.6. The topological polar surface area (TPSA) is 67.9 Å². The van der Waals surface area contributed by atoms with Crippen molar-refractivity contribution in [2.75, 3.05) is 33.9 Å². The van der Waals surface area contributed by atoms with Gasteiger partial charge in [-0.15, -0.1) is 0 Å². The molecule has 19 heavy (non-hydrogen) atoms. The highest BCUT2D eigenvalue weighted by Gasteiger charge is 2.25. The summed E-state index contributed by atoms with van der Waals surface area (Å²) in [5.74, 6) is -0.429. The van der Waals surface area contributed by atoms with Gasteiger partial charge in [0.25, 0.3) is 0 Å². The summed E-state index contributed by atoms with van der Waals surface area (Å²) in [6.07, 6.45) is 0.771. The van der Waals surface area contributed by atoms with E-state index in [4.69, 9.17) is 4.74 Å². The smallest absolute Gasteiger partial charge is 0.319 e. The number of ether oxygens (including phenoxy) is 2. The second kappa shape index (κ2) is 9.75. The standard InChI is InChI=1S/C13H26N2O4/c1-10(2)15(9-12(16)19-5)11(3)13(17)14-7-6-8-18-4/h10-11H,6-9H2,1-5H3,(H,14,17). The van der Waals surface area contributed by atoms with Gasteiger partial charge in [0.1, 0.15) is 0 Å². The van der Waals surface area contributed by atoms with Crippen LogP contribution in [0, 0.1) is 0 Å². The zero-order valence-corrected chi connectivity index (χ0v) is 12.6. The zero-order chi connectivity index (χ0) is 14.8. The minimum Gasteiger partial charge on any atom is -0.468 e. The number of hydrogen-bond acceptors (Lipinski definition) is 5. The van der Waals surface area contributed by atoms with Crippen molar-refractivity contribution in [3.8, 4) is 0 Å². The molecule has 0 aromatic rings. The van der Waals surface area contributed by atoms with E-state index >= 15 is 0 Å². The highest BCUT2D eigenvalue weighted by Crippen LogP contribution is 2.06. The van der Waals surface area contributed by atoms with E-state index in [9.17, 15) is 9.59 Å². The molecule has 0 rings (SSSR count). The molecule has 0 aliphatic carbocycles. The fourth-order valence-electron chi connectivity index (χ4n) is 1.71. The Morgan fingerprint density at radius 1 is 1.21 bits per heavy atom. The van der Waals surface area contributed by atoms with Crippen LogP contribution in [0.1, 0.15) is 27.2 Å². The van der Waals surface area contributed by atoms with Gasteiger partial charge in [-0.25, -0.2) is 0 Å². The van der Waals surface area contributed by atoms with Crippen molar-refractivity contribution in [1.29, 1.82) is 0 Å². The summed E-state index contributed by atoms with van der Waals surface area (Å²) >= 11 is 0. The van der Waals surface area contributed by atoms with Crippen molar-refractivity contribution in [3.05, 3.63) is 0 Å². The molecule has 0 aromatic heterocycles. The van der Waals surface area contributed by atoms with Crippen LogP contribution >= 0.6 is 0 Å². The predicted molar refractivity (Wildman–Crippen MR) is 72.8 cm³/mol. The molecule has 0 saturated carbocycles. The molecule has 0 bridgehead atoms. The number of carbonyl (C=O) groups is 2. The van der Waals surface area contributed by atoms with E-state index in [0.29, 0.717) is 13.2 Å². The highest BCUT2D eigenvalue weighted by atomic mass is 16.5. The molecule has 0 spiro atoms. The lowest BCUT2D eigenvalue weighted by atomic mass is 10.2. The molecule has 0 saturated heterocycles. The second-order valence-electron chi connectivity index (χ2n) is 4.66. The summed E-state index contributed by atoms with van der Waals surface area (Å²) in [4.78, 5) is 25.1. The van der Waals surface area contributed by atoms with Crippen LogP contribution in [0.5, 0.6) is 0 Å². The van der Waals surface area contributed by atoms with Gasteiger partial charge in [-0.05, 0) is 27.2 Å². The maximum Gasteiger partial charge on any atom is 0.319 e. The molecule has 1 N–H and O–H groups in total. The van der Waals surface area contributed by atoms with Crippen molar-refractivity contribution in [2.45, 2.75) is 39.3 Å². The van der Waals surface area contributed by atoms with Gasteiger partial charge < -0.3 is 14.8 Å². The quantitative estimate of drug-likeness (QED) is 0.487. The van der Waals surface area contributed by atoms with Crippen molar-refractivity contribution in [3.63, 3.8) is 0 Å². The third kappa shape index (κ3) is 7.12. The van der Waals surface area contributed by atoms with E-state index in [2.05, 4.69) is 10.1 Å². The summed E-state index contributed by atoms with van der Waals surface area (Å²) < 4.78 is 9.56. The Bertz CT molecular complexity index is 282. The third-order valence-electron chi connectivity index (χ3n) is 2.90. The van der Waals surface area contributed by atoms with E-state index in [0.717, 1.165) is 6.42 Å². The molecule has 0 aromatic carbocycles. The number of amides is 1. The van der Waals surface area contributed by atoms with Crippen LogP contribution in [-0.4, -0.2) is 62.8 Å². The number of nitrogens with zero attached hydrogens (tertiary/aromatic N) is 1. The summed E-state index contributed by atoms with van der Waals surface area (Å²) in [5.41, 5.74) is 0. The first-order chi connectivity index (χ1) is 8.93. The molecule has 0 heterocycles. The maximum absolute atomic E-state index is 12.0. The molecule has 0 aliphatic heterocycles. The Kier molecular flexibility index (Phi) is 9.16. The molecule has 1 amide bonds. The van der Waals surface area contributed by atoms with Crippen molar-refractivity contribution >= 4 is 11.9 Å².